The van der Waals surface area contributed by atoms with E-state index in [-0.39, 0.29) is 0 Å². The molecule has 0 N–H and O–H groups in total. The molecule has 1 aliphatic rings. The monoisotopic (exact) mass is 165 g/mol. The Hall–Kier alpha value is -0.720. The van der Waals surface area contributed by atoms with Gasteiger partial charge in [-0.15, -0.1) is 0 Å². The Balaban J connectivity index is 2.57. The van der Waals surface area contributed by atoms with E-state index in [0.717, 1.165) is 13.0 Å². The summed E-state index contributed by atoms with van der Waals surface area (Å²) in [7, 11) is 0. The van der Waals surface area contributed by atoms with Crippen LogP contribution in [0.15, 0.2) is 23.4 Å². The van der Waals surface area contributed by atoms with Gasteiger partial charge in [0.05, 0.1) is 0 Å². The number of hydrogen-bond donors (Lipinski definition) is 0. The largest absolute Gasteiger partial charge is 0.367 e. The van der Waals surface area contributed by atoms with Crippen molar-refractivity contribution in [1.82, 2.24) is 4.90 Å². The number of nitrogens with zero attached hydrogens (tertiary/aromatic N) is 1. The lowest BCUT2D eigenvalue weighted by molar-refractivity contribution is 0.317. The summed E-state index contributed by atoms with van der Waals surface area (Å²) in [4.78, 5) is 2.46. The molecule has 1 heteroatoms. The minimum Gasteiger partial charge on any atom is -0.367 e. The van der Waals surface area contributed by atoms with E-state index in [0.29, 0.717) is 0 Å². The van der Waals surface area contributed by atoms with Gasteiger partial charge >= 0.3 is 0 Å². The van der Waals surface area contributed by atoms with Gasteiger partial charge in [0.15, 0.2) is 0 Å². The summed E-state index contributed by atoms with van der Waals surface area (Å²) in [5, 5.41) is 0. The Morgan fingerprint density at radius 2 is 2.17 bits per heavy atom. The lowest BCUT2D eigenvalue weighted by Gasteiger charge is -2.39. The second-order valence-electron chi connectivity index (χ2n) is 3.23. The van der Waals surface area contributed by atoms with Gasteiger partial charge in [-0.25, -0.2) is 0 Å². The van der Waals surface area contributed by atoms with E-state index in [2.05, 4.69) is 37.8 Å². The van der Waals surface area contributed by atoms with Gasteiger partial charge in [-0.05, 0) is 25.3 Å². The lowest BCUT2D eigenvalue weighted by atomic mass is 10.0. The fourth-order valence-electron chi connectivity index (χ4n) is 1.65. The molecule has 68 valence electrons. The van der Waals surface area contributed by atoms with Crippen molar-refractivity contribution in [3.05, 3.63) is 23.4 Å². The molecule has 0 aromatic heterocycles. The maximum atomic E-state index is 2.46. The van der Waals surface area contributed by atoms with Crippen LogP contribution in [-0.4, -0.2) is 18.0 Å². The first-order valence-electron chi connectivity index (χ1n) is 4.94. The molecule has 0 unspecified atom stereocenters. The van der Waals surface area contributed by atoms with Crippen LogP contribution in [0.5, 0.6) is 0 Å². The summed E-state index contributed by atoms with van der Waals surface area (Å²) in [6.45, 7) is 8.93. The number of hydrogen-bond acceptors (Lipinski definition) is 1. The molecule has 1 heterocycles. The molecule has 12 heavy (non-hydrogen) atoms. The summed E-state index contributed by atoms with van der Waals surface area (Å²) in [6.07, 6.45) is 6.95. The minimum atomic E-state index is 1.15. The van der Waals surface area contributed by atoms with Crippen LogP contribution in [0, 0.1) is 0 Å². The number of rotatable bonds is 3. The van der Waals surface area contributed by atoms with E-state index in [1.165, 1.54) is 24.2 Å². The van der Waals surface area contributed by atoms with E-state index >= 15 is 0 Å². The van der Waals surface area contributed by atoms with Gasteiger partial charge in [-0.1, -0.05) is 26.0 Å². The smallest absolute Gasteiger partial charge is 0.0446 e. The van der Waals surface area contributed by atoms with E-state index < -0.39 is 0 Å². The van der Waals surface area contributed by atoms with Crippen LogP contribution in [0.25, 0.3) is 0 Å². The van der Waals surface area contributed by atoms with Crippen molar-refractivity contribution in [1.29, 1.82) is 0 Å². The first-order chi connectivity index (χ1) is 5.83. The normalized spacial score (nSPS) is 23.4. The summed E-state index contributed by atoms with van der Waals surface area (Å²) in [5.41, 5.74) is 2.99. The van der Waals surface area contributed by atoms with Crippen LogP contribution < -0.4 is 0 Å². The lowest BCUT2D eigenvalue weighted by Crippen LogP contribution is -2.38. The molecule has 0 saturated carbocycles. The molecule has 1 rings (SSSR count). The molecule has 0 aliphatic carbocycles. The maximum Gasteiger partial charge on any atom is 0.0446 e. The Kier molecular flexibility index (Phi) is 3.39. The average Bonchev–Trinajstić information content (AvgIpc) is 2.07. The van der Waals surface area contributed by atoms with Crippen LogP contribution >= 0.6 is 0 Å². The molecular weight excluding hydrogens is 146 g/mol. The van der Waals surface area contributed by atoms with Crippen molar-refractivity contribution in [3.63, 3.8) is 0 Å². The molecule has 0 bridgehead atoms. The molecule has 0 atom stereocenters. The molecule has 1 aliphatic heterocycles. The average molecular weight is 165 g/mol. The van der Waals surface area contributed by atoms with E-state index in [9.17, 15) is 0 Å². The zero-order chi connectivity index (χ0) is 8.97. The van der Waals surface area contributed by atoms with Crippen molar-refractivity contribution in [3.8, 4) is 0 Å². The topological polar surface area (TPSA) is 3.24 Å². The van der Waals surface area contributed by atoms with Gasteiger partial charge in [0.25, 0.3) is 0 Å². The van der Waals surface area contributed by atoms with Gasteiger partial charge in [0.1, 0.15) is 0 Å². The van der Waals surface area contributed by atoms with E-state index in [1.807, 2.05) is 0 Å². The van der Waals surface area contributed by atoms with Crippen LogP contribution in [0.3, 0.4) is 0 Å². The highest BCUT2D eigenvalue weighted by Gasteiger charge is 2.23. The quantitative estimate of drug-likeness (QED) is 0.621. The molecule has 0 spiro atoms. The van der Waals surface area contributed by atoms with Gasteiger partial charge in [-0.3, -0.25) is 0 Å². The SMILES string of the molecule is C/C=C1/CN(CCC)/C1=C/CC. The Morgan fingerprint density at radius 3 is 2.67 bits per heavy atom. The molecule has 1 fully saturated rings. The minimum absolute atomic E-state index is 1.15. The second-order valence-corrected chi connectivity index (χ2v) is 3.23. The molecule has 1 nitrogen and oxygen atoms in total. The van der Waals surface area contributed by atoms with Crippen LogP contribution in [-0.2, 0) is 0 Å². The van der Waals surface area contributed by atoms with E-state index in [4.69, 9.17) is 0 Å². The Bertz CT molecular complexity index is 201. The molecular formula is C11H19N. The number of likely N-dealkylation sites (tertiary alicyclic amines) is 1. The first-order valence-corrected chi connectivity index (χ1v) is 4.94. The fraction of sp³-hybridized carbons (Fsp3) is 0.636. The predicted molar refractivity (Wildman–Crippen MR) is 54.0 cm³/mol. The summed E-state index contributed by atoms with van der Waals surface area (Å²) < 4.78 is 0. The predicted octanol–water partition coefficient (Wildman–Crippen LogP) is 2.95. The van der Waals surface area contributed by atoms with Gasteiger partial charge in [-0.2, -0.15) is 0 Å². The Labute approximate surface area is 75.8 Å². The zero-order valence-corrected chi connectivity index (χ0v) is 8.43. The maximum absolute atomic E-state index is 2.46. The van der Waals surface area contributed by atoms with Gasteiger partial charge in [0.2, 0.25) is 0 Å². The summed E-state index contributed by atoms with van der Waals surface area (Å²) >= 11 is 0. The highest BCUT2D eigenvalue weighted by Crippen LogP contribution is 2.28. The van der Waals surface area contributed by atoms with Gasteiger partial charge < -0.3 is 4.90 Å². The molecule has 0 amide bonds. The molecule has 0 aromatic carbocycles. The van der Waals surface area contributed by atoms with Crippen molar-refractivity contribution >= 4 is 0 Å². The highest BCUT2D eigenvalue weighted by molar-refractivity contribution is 5.39. The van der Waals surface area contributed by atoms with Crippen molar-refractivity contribution in [2.45, 2.75) is 33.6 Å². The standard InChI is InChI=1S/C11H19N/c1-4-7-11-10(6-3)9-12(11)8-5-2/h6-7H,4-5,8-9H2,1-3H3/b10-6-,11-7+. The van der Waals surface area contributed by atoms with Crippen LogP contribution in [0.1, 0.15) is 33.6 Å². The van der Waals surface area contributed by atoms with Crippen LogP contribution in [0.4, 0.5) is 0 Å². The zero-order valence-electron chi connectivity index (χ0n) is 8.43. The third kappa shape index (κ3) is 1.71. The third-order valence-corrected chi connectivity index (χ3v) is 2.27. The fourth-order valence-corrected chi connectivity index (χ4v) is 1.65. The first kappa shape index (κ1) is 9.37. The Morgan fingerprint density at radius 1 is 1.42 bits per heavy atom. The molecule has 0 radical (unpaired) electrons. The van der Waals surface area contributed by atoms with E-state index in [1.54, 1.807) is 0 Å². The van der Waals surface area contributed by atoms with Crippen molar-refractivity contribution in [2.75, 3.05) is 13.1 Å². The third-order valence-electron chi connectivity index (χ3n) is 2.27. The van der Waals surface area contributed by atoms with Crippen LogP contribution in [0.2, 0.25) is 0 Å². The highest BCUT2D eigenvalue weighted by atomic mass is 15.2. The second kappa shape index (κ2) is 4.34. The van der Waals surface area contributed by atoms with Crippen molar-refractivity contribution in [2.24, 2.45) is 0 Å². The molecule has 0 aromatic rings. The number of allylic oxidation sites excluding steroid dienone is 2. The summed E-state index contributed by atoms with van der Waals surface area (Å²) in [6, 6.07) is 0. The van der Waals surface area contributed by atoms with Crippen molar-refractivity contribution < 1.29 is 0 Å². The molecule has 1 saturated heterocycles. The van der Waals surface area contributed by atoms with Gasteiger partial charge in [0, 0.05) is 18.8 Å². The summed E-state index contributed by atoms with van der Waals surface area (Å²) in [5.74, 6) is 0.